The van der Waals surface area contributed by atoms with Gasteiger partial charge in [-0.2, -0.15) is 0 Å². The van der Waals surface area contributed by atoms with Crippen LogP contribution in [-0.2, 0) is 4.79 Å². The van der Waals surface area contributed by atoms with Crippen LogP contribution in [0.3, 0.4) is 0 Å². The van der Waals surface area contributed by atoms with Crippen LogP contribution in [0.1, 0.15) is 22.0 Å². The van der Waals surface area contributed by atoms with Crippen LogP contribution in [0.4, 0.5) is 4.79 Å². The van der Waals surface area contributed by atoms with E-state index in [1.54, 1.807) is 0 Å². The molecule has 1 fully saturated rings. The fourth-order valence-corrected chi connectivity index (χ4v) is 1.54. The number of hydrogen-bond donors (Lipinski definition) is 3. The maximum atomic E-state index is 11.5. The lowest BCUT2D eigenvalue weighted by Gasteiger charge is -2.21. The highest BCUT2D eigenvalue weighted by Crippen LogP contribution is 2.16. The number of pyridine rings is 1. The van der Waals surface area contributed by atoms with E-state index < -0.39 is 23.8 Å². The van der Waals surface area contributed by atoms with Crippen molar-refractivity contribution in [1.82, 2.24) is 15.6 Å². The highest BCUT2D eigenvalue weighted by Gasteiger charge is 2.28. The van der Waals surface area contributed by atoms with Gasteiger partial charge in [-0.05, 0) is 12.1 Å². The van der Waals surface area contributed by atoms with Gasteiger partial charge in [0, 0.05) is 12.7 Å². The van der Waals surface area contributed by atoms with Gasteiger partial charge in [-0.15, -0.1) is 0 Å². The van der Waals surface area contributed by atoms with Crippen LogP contribution in [0.15, 0.2) is 18.3 Å². The van der Waals surface area contributed by atoms with Crippen molar-refractivity contribution in [1.29, 1.82) is 0 Å². The summed E-state index contributed by atoms with van der Waals surface area (Å²) >= 11 is 0. The first-order chi connectivity index (χ1) is 8.08. The van der Waals surface area contributed by atoms with E-state index in [4.69, 9.17) is 5.11 Å². The monoisotopic (exact) mass is 235 g/mol. The van der Waals surface area contributed by atoms with Gasteiger partial charge in [-0.25, -0.2) is 9.59 Å². The Kier molecular flexibility index (Phi) is 2.73. The lowest BCUT2D eigenvalue weighted by atomic mass is 10.0. The molecule has 1 atom stereocenters. The lowest BCUT2D eigenvalue weighted by molar-refractivity contribution is -0.122. The molecule has 1 aromatic heterocycles. The van der Waals surface area contributed by atoms with E-state index in [0.29, 0.717) is 5.69 Å². The Balaban J connectivity index is 2.28. The average molecular weight is 235 g/mol. The molecule has 0 aliphatic carbocycles. The number of urea groups is 1. The van der Waals surface area contributed by atoms with Crippen molar-refractivity contribution < 1.29 is 19.5 Å². The van der Waals surface area contributed by atoms with Crippen LogP contribution >= 0.6 is 0 Å². The number of carboxylic acid groups (broad SMARTS) is 1. The second-order valence-corrected chi connectivity index (χ2v) is 3.53. The van der Waals surface area contributed by atoms with Crippen molar-refractivity contribution in [2.24, 2.45) is 0 Å². The number of hydrogen-bond acceptors (Lipinski definition) is 4. The quantitative estimate of drug-likeness (QED) is 0.652. The van der Waals surface area contributed by atoms with Crippen LogP contribution in [-0.4, -0.2) is 34.5 Å². The maximum absolute atomic E-state index is 11.5. The van der Waals surface area contributed by atoms with Gasteiger partial charge < -0.3 is 10.4 Å². The van der Waals surface area contributed by atoms with Gasteiger partial charge in [0.05, 0.1) is 17.2 Å². The van der Waals surface area contributed by atoms with Crippen molar-refractivity contribution in [2.75, 3.05) is 6.54 Å². The van der Waals surface area contributed by atoms with Gasteiger partial charge in [-0.3, -0.25) is 15.1 Å². The molecule has 1 aliphatic heterocycles. The summed E-state index contributed by atoms with van der Waals surface area (Å²) in [7, 11) is 0. The lowest BCUT2D eigenvalue weighted by Crippen LogP contribution is -2.51. The Hall–Kier alpha value is -2.44. The molecule has 1 unspecified atom stereocenters. The summed E-state index contributed by atoms with van der Waals surface area (Å²) in [5.41, 5.74) is 0.377. The van der Waals surface area contributed by atoms with Gasteiger partial charge in [-0.1, -0.05) is 0 Å². The number of amides is 3. The summed E-state index contributed by atoms with van der Waals surface area (Å²) in [5, 5.41) is 13.4. The van der Waals surface area contributed by atoms with Crippen molar-refractivity contribution in [3.8, 4) is 0 Å². The van der Waals surface area contributed by atoms with E-state index in [1.165, 1.54) is 18.3 Å². The first kappa shape index (κ1) is 11.1. The minimum Gasteiger partial charge on any atom is -0.478 e. The number of rotatable bonds is 2. The molecule has 88 valence electrons. The zero-order chi connectivity index (χ0) is 12.4. The Morgan fingerprint density at radius 1 is 1.47 bits per heavy atom. The summed E-state index contributed by atoms with van der Waals surface area (Å²) < 4.78 is 0. The maximum Gasteiger partial charge on any atom is 0.335 e. The summed E-state index contributed by atoms with van der Waals surface area (Å²) in [6, 6.07) is 2.11. The molecule has 0 bridgehead atoms. The fourth-order valence-electron chi connectivity index (χ4n) is 1.54. The molecule has 3 amide bonds. The Bertz CT molecular complexity index is 500. The van der Waals surface area contributed by atoms with E-state index in [0.717, 1.165) is 0 Å². The molecule has 3 N–H and O–H groups in total. The topological polar surface area (TPSA) is 108 Å². The Labute approximate surface area is 95.8 Å². The van der Waals surface area contributed by atoms with Crippen molar-refractivity contribution in [3.05, 3.63) is 29.6 Å². The van der Waals surface area contributed by atoms with E-state index in [-0.39, 0.29) is 12.1 Å². The molecule has 1 saturated heterocycles. The molecular weight excluding hydrogens is 226 g/mol. The molecule has 0 radical (unpaired) electrons. The molecule has 17 heavy (non-hydrogen) atoms. The molecule has 7 heteroatoms. The highest BCUT2D eigenvalue weighted by atomic mass is 16.4. The van der Waals surface area contributed by atoms with Gasteiger partial charge in [0.2, 0.25) is 5.91 Å². The van der Waals surface area contributed by atoms with Crippen molar-refractivity contribution >= 4 is 17.9 Å². The minimum atomic E-state index is -1.09. The Morgan fingerprint density at radius 2 is 2.24 bits per heavy atom. The molecule has 0 aromatic carbocycles. The van der Waals surface area contributed by atoms with Crippen molar-refractivity contribution in [3.63, 3.8) is 0 Å². The van der Waals surface area contributed by atoms with E-state index in [2.05, 4.69) is 15.6 Å². The molecular formula is C10H9N3O4. The van der Waals surface area contributed by atoms with Gasteiger partial charge in [0.15, 0.2) is 0 Å². The number of nitrogens with zero attached hydrogens (tertiary/aromatic N) is 1. The largest absolute Gasteiger partial charge is 0.478 e. The first-order valence-electron chi connectivity index (χ1n) is 4.86. The van der Waals surface area contributed by atoms with Gasteiger partial charge in [0.25, 0.3) is 0 Å². The number of carboxylic acids is 1. The molecule has 7 nitrogen and oxygen atoms in total. The van der Waals surface area contributed by atoms with Crippen LogP contribution in [0.25, 0.3) is 0 Å². The zero-order valence-corrected chi connectivity index (χ0v) is 8.64. The minimum absolute atomic E-state index is 0.0553. The normalized spacial score (nSPS) is 19.4. The molecule has 0 saturated carbocycles. The third-order valence-electron chi connectivity index (χ3n) is 2.41. The second kappa shape index (κ2) is 4.20. The van der Waals surface area contributed by atoms with E-state index in [1.807, 2.05) is 0 Å². The number of carbonyl (C=O) groups is 3. The molecule has 0 spiro atoms. The summed E-state index contributed by atoms with van der Waals surface area (Å²) in [6.45, 7) is 0.112. The predicted molar refractivity (Wildman–Crippen MR) is 55.5 cm³/mol. The molecule has 2 rings (SSSR count). The third-order valence-corrected chi connectivity index (χ3v) is 2.41. The number of imide groups is 1. The zero-order valence-electron chi connectivity index (χ0n) is 8.64. The number of aromatic carboxylic acids is 1. The van der Waals surface area contributed by atoms with Crippen LogP contribution in [0.2, 0.25) is 0 Å². The SMILES string of the molecule is O=C1NCC(c2cc(C(=O)O)ccn2)C(=O)N1. The van der Waals surface area contributed by atoms with E-state index >= 15 is 0 Å². The second-order valence-electron chi connectivity index (χ2n) is 3.53. The molecule has 1 aromatic rings. The summed E-state index contributed by atoms with van der Waals surface area (Å²) in [6.07, 6.45) is 1.32. The number of aromatic nitrogens is 1. The Morgan fingerprint density at radius 3 is 2.88 bits per heavy atom. The van der Waals surface area contributed by atoms with Gasteiger partial charge in [0.1, 0.15) is 0 Å². The summed E-state index contributed by atoms with van der Waals surface area (Å²) in [4.78, 5) is 37.1. The average Bonchev–Trinajstić information content (AvgIpc) is 2.29. The predicted octanol–water partition coefficient (Wildman–Crippen LogP) is -0.297. The smallest absolute Gasteiger partial charge is 0.335 e. The van der Waals surface area contributed by atoms with Crippen molar-refractivity contribution in [2.45, 2.75) is 5.92 Å². The first-order valence-corrected chi connectivity index (χ1v) is 4.86. The molecule has 2 heterocycles. The highest BCUT2D eigenvalue weighted by molar-refractivity contribution is 6.00. The van der Waals surface area contributed by atoms with Crippen LogP contribution in [0, 0.1) is 0 Å². The summed E-state index contributed by atoms with van der Waals surface area (Å²) in [5.74, 6) is -2.23. The molecule has 1 aliphatic rings. The van der Waals surface area contributed by atoms with Crippen LogP contribution < -0.4 is 10.6 Å². The van der Waals surface area contributed by atoms with Gasteiger partial charge >= 0.3 is 12.0 Å². The standard InChI is InChI=1S/C10H9N3O4/c14-8-6(4-12-10(17)13-8)7-3-5(9(15)16)1-2-11-7/h1-3,6H,4H2,(H,15,16)(H2,12,13,14,17). The number of carbonyl (C=O) groups excluding carboxylic acids is 2. The third kappa shape index (κ3) is 2.22. The number of nitrogens with one attached hydrogen (secondary N) is 2. The van der Waals surface area contributed by atoms with Crippen LogP contribution in [0.5, 0.6) is 0 Å². The fraction of sp³-hybridized carbons (Fsp3) is 0.200. The van der Waals surface area contributed by atoms with E-state index in [9.17, 15) is 14.4 Å².